The first-order valence-electron chi connectivity index (χ1n) is 9.57. The Morgan fingerprint density at radius 1 is 0.933 bits per heavy atom. The second-order valence-corrected chi connectivity index (χ2v) is 7.11. The van der Waals surface area contributed by atoms with E-state index >= 15 is 0 Å². The summed E-state index contributed by atoms with van der Waals surface area (Å²) >= 11 is 5.99. The van der Waals surface area contributed by atoms with Crippen LogP contribution in [0, 0.1) is 0 Å². The Balaban J connectivity index is 1.90. The molecule has 0 aliphatic carbocycles. The van der Waals surface area contributed by atoms with Crippen molar-refractivity contribution in [1.29, 1.82) is 0 Å². The van der Waals surface area contributed by atoms with Gasteiger partial charge in [-0.25, -0.2) is 0 Å². The lowest BCUT2D eigenvalue weighted by atomic mass is 10.0. The van der Waals surface area contributed by atoms with Crippen LogP contribution in [0.1, 0.15) is 17.2 Å². The average Bonchev–Trinajstić information content (AvgIpc) is 2.79. The zero-order chi connectivity index (χ0) is 21.3. The van der Waals surface area contributed by atoms with Gasteiger partial charge < -0.3 is 15.0 Å². The zero-order valence-corrected chi connectivity index (χ0v) is 17.4. The molecule has 0 fully saturated rings. The van der Waals surface area contributed by atoms with E-state index in [4.69, 9.17) is 16.3 Å². The molecule has 0 aliphatic heterocycles. The van der Waals surface area contributed by atoms with Gasteiger partial charge in [0, 0.05) is 18.6 Å². The van der Waals surface area contributed by atoms with Crippen LogP contribution < -0.4 is 10.1 Å². The highest BCUT2D eigenvalue weighted by Gasteiger charge is 2.31. The Hall–Kier alpha value is -3.31. The van der Waals surface area contributed by atoms with E-state index in [2.05, 4.69) is 5.32 Å². The predicted molar refractivity (Wildman–Crippen MR) is 117 cm³/mol. The molecule has 0 spiro atoms. The molecule has 1 N–H and O–H groups in total. The van der Waals surface area contributed by atoms with Gasteiger partial charge in [0.1, 0.15) is 11.8 Å². The molecule has 3 aromatic carbocycles. The van der Waals surface area contributed by atoms with E-state index < -0.39 is 6.04 Å². The quantitative estimate of drug-likeness (QED) is 0.590. The Morgan fingerprint density at radius 2 is 1.53 bits per heavy atom. The maximum atomic E-state index is 13.2. The second-order valence-electron chi connectivity index (χ2n) is 6.68. The van der Waals surface area contributed by atoms with Gasteiger partial charge in [-0.3, -0.25) is 9.59 Å². The number of nitrogens with one attached hydrogen (secondary N) is 1. The Morgan fingerprint density at radius 3 is 2.13 bits per heavy atom. The first-order valence-corrected chi connectivity index (χ1v) is 9.94. The lowest BCUT2D eigenvalue weighted by Crippen LogP contribution is -2.44. The van der Waals surface area contributed by atoms with E-state index in [-0.39, 0.29) is 25.0 Å². The summed E-state index contributed by atoms with van der Waals surface area (Å²) in [5.74, 6) is 0.0166. The molecule has 0 radical (unpaired) electrons. The lowest BCUT2D eigenvalue weighted by Gasteiger charge is -2.31. The molecule has 0 aromatic heterocycles. The lowest BCUT2D eigenvalue weighted by molar-refractivity contribution is -0.143. The van der Waals surface area contributed by atoms with Crippen molar-refractivity contribution in [2.24, 2.45) is 0 Å². The smallest absolute Gasteiger partial charge is 0.261 e. The highest BCUT2D eigenvalue weighted by molar-refractivity contribution is 6.30. The van der Waals surface area contributed by atoms with Gasteiger partial charge in [-0.1, -0.05) is 72.3 Å². The molecule has 3 rings (SSSR count). The number of carbonyl (C=O) groups is 2. The largest absolute Gasteiger partial charge is 0.484 e. The number of rotatable bonds is 8. The minimum atomic E-state index is -0.793. The van der Waals surface area contributed by atoms with Crippen molar-refractivity contribution in [3.63, 3.8) is 0 Å². The first kappa shape index (κ1) is 21.4. The molecule has 0 heterocycles. The van der Waals surface area contributed by atoms with Gasteiger partial charge in [-0.15, -0.1) is 0 Å². The zero-order valence-electron chi connectivity index (χ0n) is 16.6. The number of amides is 2. The molecular weight excluding hydrogens is 400 g/mol. The Labute approximate surface area is 181 Å². The fourth-order valence-electron chi connectivity index (χ4n) is 3.10. The van der Waals surface area contributed by atoms with Crippen LogP contribution in [0.3, 0.4) is 0 Å². The van der Waals surface area contributed by atoms with Crippen molar-refractivity contribution < 1.29 is 14.3 Å². The molecular formula is C24H23ClN2O3. The number of carbonyl (C=O) groups excluding carboxylic acids is 2. The van der Waals surface area contributed by atoms with Gasteiger partial charge in [0.15, 0.2) is 6.61 Å². The molecule has 3 aromatic rings. The predicted octanol–water partition coefficient (Wildman–Crippen LogP) is 4.23. The fraction of sp³-hybridized carbons (Fsp3) is 0.167. The van der Waals surface area contributed by atoms with Crippen LogP contribution in [0.4, 0.5) is 0 Å². The minimum Gasteiger partial charge on any atom is -0.484 e. The van der Waals surface area contributed by atoms with E-state index in [1.165, 1.54) is 4.90 Å². The Bertz CT molecular complexity index is 963. The van der Waals surface area contributed by atoms with E-state index in [1.807, 2.05) is 60.7 Å². The summed E-state index contributed by atoms with van der Waals surface area (Å²) in [7, 11) is 1.56. The van der Waals surface area contributed by atoms with Crippen LogP contribution in [0.25, 0.3) is 0 Å². The van der Waals surface area contributed by atoms with Crippen molar-refractivity contribution in [3.8, 4) is 5.75 Å². The summed E-state index contributed by atoms with van der Waals surface area (Å²) < 4.78 is 5.66. The number of para-hydroxylation sites is 1. The van der Waals surface area contributed by atoms with E-state index in [9.17, 15) is 9.59 Å². The van der Waals surface area contributed by atoms with Crippen LogP contribution in [0.2, 0.25) is 5.02 Å². The summed E-state index contributed by atoms with van der Waals surface area (Å²) in [4.78, 5) is 27.6. The van der Waals surface area contributed by atoms with Gasteiger partial charge in [-0.05, 0) is 35.4 Å². The van der Waals surface area contributed by atoms with Crippen molar-refractivity contribution in [2.45, 2.75) is 12.6 Å². The van der Waals surface area contributed by atoms with Crippen molar-refractivity contribution in [2.75, 3.05) is 13.7 Å². The SMILES string of the molecule is CNC(=O)[C@H](c1ccccc1)N(Cc1ccc(Cl)cc1)C(=O)COc1ccccc1. The molecule has 0 saturated heterocycles. The standard InChI is InChI=1S/C24H23ClN2O3/c1-26-24(29)23(19-8-4-2-5-9-19)27(16-18-12-14-20(25)15-13-18)22(28)17-30-21-10-6-3-7-11-21/h2-15,23H,16-17H2,1H3,(H,26,29)/t23-/m0/s1. The summed E-state index contributed by atoms with van der Waals surface area (Å²) in [6, 6.07) is 24.7. The normalized spacial score (nSPS) is 11.4. The number of nitrogens with zero attached hydrogens (tertiary/aromatic N) is 1. The third-order valence-corrected chi connectivity index (χ3v) is 4.87. The summed E-state index contributed by atoms with van der Waals surface area (Å²) in [5.41, 5.74) is 1.58. The second kappa shape index (κ2) is 10.5. The average molecular weight is 423 g/mol. The minimum absolute atomic E-state index is 0.183. The highest BCUT2D eigenvalue weighted by Crippen LogP contribution is 2.24. The number of hydrogen-bond donors (Lipinski definition) is 1. The number of halogens is 1. The van der Waals surface area contributed by atoms with E-state index in [1.54, 1.807) is 31.3 Å². The topological polar surface area (TPSA) is 58.6 Å². The number of benzene rings is 3. The number of likely N-dealkylation sites (N-methyl/N-ethyl adjacent to an activating group) is 1. The van der Waals surface area contributed by atoms with Crippen LogP contribution in [-0.4, -0.2) is 30.4 Å². The fourth-order valence-corrected chi connectivity index (χ4v) is 3.23. The first-order chi connectivity index (χ1) is 14.6. The van der Waals surface area contributed by atoms with Crippen LogP contribution in [-0.2, 0) is 16.1 Å². The van der Waals surface area contributed by atoms with Crippen molar-refractivity contribution >= 4 is 23.4 Å². The van der Waals surface area contributed by atoms with Gasteiger partial charge in [-0.2, -0.15) is 0 Å². The molecule has 30 heavy (non-hydrogen) atoms. The van der Waals surface area contributed by atoms with E-state index in [0.29, 0.717) is 10.8 Å². The molecule has 5 nitrogen and oxygen atoms in total. The van der Waals surface area contributed by atoms with Gasteiger partial charge >= 0.3 is 0 Å². The Kier molecular flexibility index (Phi) is 7.46. The third kappa shape index (κ3) is 5.61. The van der Waals surface area contributed by atoms with Crippen LogP contribution in [0.5, 0.6) is 5.75 Å². The maximum Gasteiger partial charge on any atom is 0.261 e. The molecule has 0 saturated carbocycles. The summed E-state index contributed by atoms with van der Waals surface area (Å²) in [6.07, 6.45) is 0. The molecule has 0 unspecified atom stereocenters. The summed E-state index contributed by atoms with van der Waals surface area (Å²) in [5, 5.41) is 3.28. The molecule has 2 amide bonds. The van der Waals surface area contributed by atoms with Crippen molar-refractivity contribution in [3.05, 3.63) is 101 Å². The molecule has 6 heteroatoms. The third-order valence-electron chi connectivity index (χ3n) is 4.61. The van der Waals surface area contributed by atoms with Gasteiger partial charge in [0.25, 0.3) is 5.91 Å². The van der Waals surface area contributed by atoms with Gasteiger partial charge in [0.2, 0.25) is 5.91 Å². The molecule has 0 bridgehead atoms. The van der Waals surface area contributed by atoms with Gasteiger partial charge in [0.05, 0.1) is 0 Å². The number of ether oxygens (including phenoxy) is 1. The van der Waals surface area contributed by atoms with Crippen LogP contribution >= 0.6 is 11.6 Å². The molecule has 154 valence electrons. The maximum absolute atomic E-state index is 13.2. The van der Waals surface area contributed by atoms with Crippen molar-refractivity contribution in [1.82, 2.24) is 10.2 Å². The monoisotopic (exact) mass is 422 g/mol. The molecule has 1 atom stereocenters. The molecule has 0 aliphatic rings. The number of hydrogen-bond acceptors (Lipinski definition) is 3. The van der Waals surface area contributed by atoms with E-state index in [0.717, 1.165) is 11.1 Å². The van der Waals surface area contributed by atoms with Crippen LogP contribution in [0.15, 0.2) is 84.9 Å². The summed E-state index contributed by atoms with van der Waals surface area (Å²) in [6.45, 7) is 0.0546. The highest BCUT2D eigenvalue weighted by atomic mass is 35.5.